The third-order valence-corrected chi connectivity index (χ3v) is 8.93. The highest BCUT2D eigenvalue weighted by Gasteiger charge is 2.43. The van der Waals surface area contributed by atoms with Gasteiger partial charge in [0.15, 0.2) is 0 Å². The molecule has 6 nitrogen and oxygen atoms in total. The minimum absolute atomic E-state index is 0.0452. The van der Waals surface area contributed by atoms with E-state index in [-0.39, 0.29) is 18.0 Å². The maximum Gasteiger partial charge on any atom is 0.335 e. The number of fused-ring (bicyclic) bond motifs is 1. The number of amides is 1. The number of carbonyl (C=O) groups excluding carboxylic acids is 1. The smallest absolute Gasteiger partial charge is 0.335 e. The lowest BCUT2D eigenvalue weighted by Crippen LogP contribution is -2.43. The van der Waals surface area contributed by atoms with Gasteiger partial charge in [0.25, 0.3) is 0 Å². The molecule has 34 heavy (non-hydrogen) atoms. The van der Waals surface area contributed by atoms with Gasteiger partial charge in [0, 0.05) is 38.9 Å². The van der Waals surface area contributed by atoms with Crippen molar-refractivity contribution < 1.29 is 24.6 Å². The molecule has 1 aliphatic carbocycles. The Kier molecular flexibility index (Phi) is 7.09. The average molecular weight is 544 g/mol. The lowest BCUT2D eigenvalue weighted by atomic mass is 9.85. The fourth-order valence-electron chi connectivity index (χ4n) is 4.70. The molecule has 1 heterocycles. The molecule has 0 unspecified atom stereocenters. The number of hydrogen-bond donors (Lipinski definition) is 2. The number of carboxylic acids is 2. The molecular weight excluding hydrogens is 518 g/mol. The number of rotatable bonds is 8. The van der Waals surface area contributed by atoms with Crippen molar-refractivity contribution in [3.8, 4) is 10.4 Å². The second kappa shape index (κ2) is 9.88. The summed E-state index contributed by atoms with van der Waals surface area (Å²) in [6, 6.07) is 12.8. The Balaban J connectivity index is 1.63. The summed E-state index contributed by atoms with van der Waals surface area (Å²) in [5.41, 5.74) is 1.25. The molecule has 1 aromatic heterocycles. The first kappa shape index (κ1) is 24.4. The van der Waals surface area contributed by atoms with Crippen molar-refractivity contribution in [3.63, 3.8) is 0 Å². The van der Waals surface area contributed by atoms with Crippen LogP contribution in [0.15, 0.2) is 46.9 Å². The lowest BCUT2D eigenvalue weighted by molar-refractivity contribution is -0.151. The Hall–Kier alpha value is -2.71. The molecule has 1 fully saturated rings. The van der Waals surface area contributed by atoms with Crippen molar-refractivity contribution >= 4 is 55.2 Å². The van der Waals surface area contributed by atoms with Gasteiger partial charge in [-0.15, -0.1) is 11.3 Å². The molecule has 1 saturated carbocycles. The second-order valence-corrected chi connectivity index (χ2v) is 10.7. The minimum atomic E-state index is -0.958. The third-order valence-electron chi connectivity index (χ3n) is 6.62. The van der Waals surface area contributed by atoms with E-state index in [0.29, 0.717) is 25.8 Å². The molecule has 0 spiro atoms. The normalized spacial score (nSPS) is 14.9. The number of carboxylic acid groups (broad SMARTS) is 2. The largest absolute Gasteiger partial charge is 0.481 e. The van der Waals surface area contributed by atoms with Gasteiger partial charge < -0.3 is 15.1 Å². The van der Waals surface area contributed by atoms with Gasteiger partial charge >= 0.3 is 11.9 Å². The van der Waals surface area contributed by atoms with Crippen molar-refractivity contribution in [2.45, 2.75) is 45.6 Å². The van der Waals surface area contributed by atoms with E-state index in [9.17, 15) is 19.5 Å². The highest BCUT2D eigenvalue weighted by molar-refractivity contribution is 9.10. The summed E-state index contributed by atoms with van der Waals surface area (Å²) >= 11 is 5.32. The first-order chi connectivity index (χ1) is 16.2. The molecule has 0 aliphatic heterocycles. The van der Waals surface area contributed by atoms with Crippen LogP contribution in [0.4, 0.5) is 0 Å². The number of benzene rings is 2. The van der Waals surface area contributed by atoms with Crippen molar-refractivity contribution in [1.29, 1.82) is 0 Å². The summed E-state index contributed by atoms with van der Waals surface area (Å²) in [5.74, 6) is -1.82. The first-order valence-electron chi connectivity index (χ1n) is 11.3. The number of nitrogens with zero attached hydrogens (tertiary/aromatic N) is 1. The Morgan fingerprint density at radius 3 is 2.32 bits per heavy atom. The Labute approximate surface area is 210 Å². The second-order valence-electron chi connectivity index (χ2n) is 8.85. The van der Waals surface area contributed by atoms with Crippen LogP contribution in [0, 0.1) is 5.41 Å². The summed E-state index contributed by atoms with van der Waals surface area (Å²) in [6.07, 6.45) is 3.30. The van der Waals surface area contributed by atoms with E-state index in [1.165, 1.54) is 0 Å². The van der Waals surface area contributed by atoms with Crippen LogP contribution in [0.5, 0.6) is 0 Å². The SMILES string of the molecule is CCC(=O)N(Cc1ccc2sc(-c3ccc(C(=O)O)cc3)c(Br)c2c1)CC1(C(=O)O)CCCC1. The van der Waals surface area contributed by atoms with E-state index in [1.807, 2.05) is 18.2 Å². The van der Waals surface area contributed by atoms with Gasteiger partial charge in [-0.25, -0.2) is 4.79 Å². The van der Waals surface area contributed by atoms with Crippen molar-refractivity contribution in [2.24, 2.45) is 5.41 Å². The van der Waals surface area contributed by atoms with Crippen LogP contribution < -0.4 is 0 Å². The molecule has 2 aromatic carbocycles. The zero-order valence-corrected chi connectivity index (χ0v) is 21.2. The molecule has 3 aromatic rings. The maximum absolute atomic E-state index is 12.7. The van der Waals surface area contributed by atoms with Gasteiger partial charge in [-0.2, -0.15) is 0 Å². The van der Waals surface area contributed by atoms with Crippen molar-refractivity contribution in [2.75, 3.05) is 6.54 Å². The predicted molar refractivity (Wildman–Crippen MR) is 136 cm³/mol. The molecular formula is C26H26BrNO5S. The summed E-state index contributed by atoms with van der Waals surface area (Å²) < 4.78 is 1.99. The van der Waals surface area contributed by atoms with Crippen LogP contribution in [0.2, 0.25) is 0 Å². The molecule has 0 radical (unpaired) electrons. The number of aliphatic carboxylic acids is 1. The number of carbonyl (C=O) groups is 3. The topological polar surface area (TPSA) is 94.9 Å². The van der Waals surface area contributed by atoms with E-state index in [0.717, 1.165) is 43.4 Å². The van der Waals surface area contributed by atoms with Gasteiger partial charge in [0.05, 0.1) is 11.0 Å². The molecule has 0 bridgehead atoms. The fraction of sp³-hybridized carbons (Fsp3) is 0.346. The fourth-order valence-corrected chi connectivity index (χ4v) is 6.71. The Morgan fingerprint density at radius 1 is 1.06 bits per heavy atom. The number of hydrogen-bond acceptors (Lipinski definition) is 4. The summed E-state index contributed by atoms with van der Waals surface area (Å²) in [5, 5.41) is 20.0. The molecule has 0 atom stereocenters. The van der Waals surface area contributed by atoms with Gasteiger partial charge in [0.2, 0.25) is 5.91 Å². The standard InChI is InChI=1S/C26H26BrNO5S/c1-2-21(29)28(15-26(25(32)33)11-3-4-12-26)14-16-5-10-20-19(13-16)22(27)23(34-20)17-6-8-18(9-7-17)24(30)31/h5-10,13H,2-4,11-12,14-15H2,1H3,(H,30,31)(H,32,33). The van der Waals surface area contributed by atoms with E-state index < -0.39 is 17.4 Å². The van der Waals surface area contributed by atoms with Crippen LogP contribution >= 0.6 is 27.3 Å². The van der Waals surface area contributed by atoms with Crippen LogP contribution in [-0.2, 0) is 16.1 Å². The van der Waals surface area contributed by atoms with Gasteiger partial charge in [-0.1, -0.05) is 38.0 Å². The highest BCUT2D eigenvalue weighted by Crippen LogP contribution is 2.43. The van der Waals surface area contributed by atoms with Gasteiger partial charge in [-0.05, 0) is 64.2 Å². The van der Waals surface area contributed by atoms with Gasteiger partial charge in [-0.3, -0.25) is 9.59 Å². The molecule has 8 heteroatoms. The van der Waals surface area contributed by atoms with E-state index in [4.69, 9.17) is 5.11 Å². The predicted octanol–water partition coefficient (Wildman–Crippen LogP) is 6.41. The molecule has 1 amide bonds. The van der Waals surface area contributed by atoms with Crippen molar-refractivity contribution in [3.05, 3.63) is 58.1 Å². The summed E-state index contributed by atoms with van der Waals surface area (Å²) in [6.45, 7) is 2.40. The molecule has 0 saturated heterocycles. The van der Waals surface area contributed by atoms with Crippen LogP contribution in [-0.4, -0.2) is 39.5 Å². The zero-order valence-electron chi connectivity index (χ0n) is 18.8. The summed E-state index contributed by atoms with van der Waals surface area (Å²) in [7, 11) is 0. The quantitative estimate of drug-likeness (QED) is 0.342. The van der Waals surface area contributed by atoms with Crippen LogP contribution in [0.25, 0.3) is 20.5 Å². The maximum atomic E-state index is 12.7. The third kappa shape index (κ3) is 4.74. The monoisotopic (exact) mass is 543 g/mol. The molecule has 2 N–H and O–H groups in total. The highest BCUT2D eigenvalue weighted by atomic mass is 79.9. The van der Waals surface area contributed by atoms with Crippen molar-refractivity contribution in [1.82, 2.24) is 4.90 Å². The minimum Gasteiger partial charge on any atom is -0.481 e. The number of aromatic carboxylic acids is 1. The lowest BCUT2D eigenvalue weighted by Gasteiger charge is -2.32. The first-order valence-corrected chi connectivity index (χ1v) is 12.9. The zero-order chi connectivity index (χ0) is 24.5. The number of halogens is 1. The Morgan fingerprint density at radius 2 is 1.74 bits per heavy atom. The van der Waals surface area contributed by atoms with E-state index in [1.54, 1.807) is 47.4 Å². The van der Waals surface area contributed by atoms with Crippen LogP contribution in [0.3, 0.4) is 0 Å². The Bertz CT molecular complexity index is 1240. The van der Waals surface area contributed by atoms with E-state index in [2.05, 4.69) is 15.9 Å². The molecule has 4 rings (SSSR count). The van der Waals surface area contributed by atoms with Crippen LogP contribution in [0.1, 0.15) is 54.9 Å². The average Bonchev–Trinajstić information content (AvgIpc) is 3.44. The number of thiophene rings is 1. The van der Waals surface area contributed by atoms with Gasteiger partial charge in [0.1, 0.15) is 0 Å². The summed E-state index contributed by atoms with van der Waals surface area (Å²) in [4.78, 5) is 38.7. The van der Waals surface area contributed by atoms with E-state index >= 15 is 0 Å². The molecule has 178 valence electrons. The molecule has 1 aliphatic rings.